The van der Waals surface area contributed by atoms with Gasteiger partial charge in [-0.1, -0.05) is 97.1 Å². The first kappa shape index (κ1) is 26.2. The second-order valence-corrected chi connectivity index (χ2v) is 11.4. The Morgan fingerprint density at radius 2 is 0.848 bits per heavy atom. The average molecular weight is 593 g/mol. The second kappa shape index (κ2) is 10.7. The van der Waals surface area contributed by atoms with E-state index in [2.05, 4.69) is 112 Å². The van der Waals surface area contributed by atoms with Crippen LogP contribution in [0.3, 0.4) is 0 Å². The first-order valence-corrected chi connectivity index (χ1v) is 15.4. The fourth-order valence-electron chi connectivity index (χ4n) is 6.68. The van der Waals surface area contributed by atoms with Crippen molar-refractivity contribution in [3.8, 4) is 34.4 Å². The lowest BCUT2D eigenvalue weighted by Crippen LogP contribution is -1.97. The monoisotopic (exact) mass is 592 g/mol. The summed E-state index contributed by atoms with van der Waals surface area (Å²) in [5.74, 6) is 2.92. The lowest BCUT2D eigenvalue weighted by molar-refractivity contribution is 0.460. The summed E-state index contributed by atoms with van der Waals surface area (Å²) in [6.45, 7) is 0. The molecule has 0 unspecified atom stereocenters. The van der Waals surface area contributed by atoms with Crippen LogP contribution in [0.5, 0.6) is 23.0 Å². The predicted molar refractivity (Wildman–Crippen MR) is 188 cm³/mol. The third-order valence-corrected chi connectivity index (χ3v) is 8.57. The summed E-state index contributed by atoms with van der Waals surface area (Å²) in [5.41, 5.74) is 6.68. The molecule has 0 radical (unpaired) electrons. The van der Waals surface area contributed by atoms with E-state index >= 15 is 0 Å². The van der Waals surface area contributed by atoms with Crippen LogP contribution in [0.1, 0.15) is 0 Å². The Morgan fingerprint density at radius 3 is 1.48 bits per heavy atom. The highest BCUT2D eigenvalue weighted by Gasteiger charge is 2.21. The largest absolute Gasteiger partial charge is 0.457 e. The minimum atomic E-state index is 0.694. The van der Waals surface area contributed by atoms with Crippen molar-refractivity contribution in [3.05, 3.63) is 170 Å². The molecule has 9 aromatic rings. The van der Waals surface area contributed by atoms with Gasteiger partial charge in [0.15, 0.2) is 0 Å². The van der Waals surface area contributed by atoms with Gasteiger partial charge in [0, 0.05) is 45.4 Å². The number of hydrogen-bond acceptors (Lipinski definition) is 2. The molecule has 218 valence electrons. The van der Waals surface area contributed by atoms with Crippen LogP contribution in [-0.4, -0.2) is 9.13 Å². The summed E-state index contributed by atoms with van der Waals surface area (Å²) >= 11 is 0. The minimum absolute atomic E-state index is 0.694. The van der Waals surface area contributed by atoms with E-state index in [9.17, 15) is 0 Å². The minimum Gasteiger partial charge on any atom is -0.457 e. The number of fused-ring (bicyclic) bond motifs is 7. The van der Waals surface area contributed by atoms with Crippen LogP contribution in [0, 0.1) is 0 Å². The first-order valence-electron chi connectivity index (χ1n) is 15.4. The Labute approximate surface area is 265 Å². The molecule has 0 spiro atoms. The molecule has 46 heavy (non-hydrogen) atoms. The van der Waals surface area contributed by atoms with Crippen molar-refractivity contribution in [2.75, 3.05) is 0 Å². The molecule has 4 heteroatoms. The number of ether oxygens (including phenoxy) is 2. The van der Waals surface area contributed by atoms with Gasteiger partial charge in [-0.3, -0.25) is 0 Å². The molecule has 0 bridgehead atoms. The van der Waals surface area contributed by atoms with Gasteiger partial charge in [-0.05, 0) is 54.6 Å². The topological polar surface area (TPSA) is 28.3 Å². The zero-order chi connectivity index (χ0) is 30.5. The summed E-state index contributed by atoms with van der Waals surface area (Å²) in [6.07, 6.45) is 0. The maximum absolute atomic E-state index is 6.41. The molecular weight excluding hydrogens is 564 g/mol. The number of rotatable bonds is 6. The van der Waals surface area contributed by atoms with E-state index in [1.165, 1.54) is 32.6 Å². The van der Waals surface area contributed by atoms with Gasteiger partial charge >= 0.3 is 0 Å². The fourth-order valence-corrected chi connectivity index (χ4v) is 6.68. The Hall–Kier alpha value is -6.26. The number of hydrogen-bond donors (Lipinski definition) is 0. The molecule has 0 aliphatic rings. The molecule has 0 saturated carbocycles. The quantitative estimate of drug-likeness (QED) is 0.192. The standard InChI is InChI=1S/C42H28N2O2/c1-4-14-29(15-5-1)44-38-22-12-10-20-35(38)36-24-25-40-41(42(36)44)37-21-11-13-23-39(37)43(40)30-26-33(45-31-16-6-2-7-17-31)28-34(27-30)46-32-18-8-3-9-19-32/h1-28H. The normalized spacial score (nSPS) is 11.5. The zero-order valence-corrected chi connectivity index (χ0v) is 24.9. The molecule has 0 fully saturated rings. The van der Waals surface area contributed by atoms with Crippen molar-refractivity contribution < 1.29 is 9.47 Å². The lowest BCUT2D eigenvalue weighted by atomic mass is 10.1. The van der Waals surface area contributed by atoms with Gasteiger partial charge in [0.25, 0.3) is 0 Å². The van der Waals surface area contributed by atoms with Gasteiger partial charge in [0.2, 0.25) is 0 Å². The molecule has 0 saturated heterocycles. The zero-order valence-electron chi connectivity index (χ0n) is 24.9. The van der Waals surface area contributed by atoms with Gasteiger partial charge < -0.3 is 18.6 Å². The maximum atomic E-state index is 6.41. The molecule has 0 N–H and O–H groups in total. The lowest BCUT2D eigenvalue weighted by Gasteiger charge is -2.15. The van der Waals surface area contributed by atoms with E-state index in [-0.39, 0.29) is 0 Å². The van der Waals surface area contributed by atoms with Gasteiger partial charge in [-0.2, -0.15) is 0 Å². The third-order valence-electron chi connectivity index (χ3n) is 8.57. The second-order valence-electron chi connectivity index (χ2n) is 11.4. The molecule has 4 nitrogen and oxygen atoms in total. The van der Waals surface area contributed by atoms with E-state index in [4.69, 9.17) is 9.47 Å². The maximum Gasteiger partial charge on any atom is 0.133 e. The summed E-state index contributed by atoms with van der Waals surface area (Å²) in [5, 5.41) is 4.84. The van der Waals surface area contributed by atoms with E-state index in [1.807, 2.05) is 66.7 Å². The molecule has 0 atom stereocenters. The Morgan fingerprint density at radius 1 is 0.326 bits per heavy atom. The Bertz CT molecular complexity index is 2450. The van der Waals surface area contributed by atoms with Crippen LogP contribution in [0.25, 0.3) is 55.0 Å². The summed E-state index contributed by atoms with van der Waals surface area (Å²) in [7, 11) is 0. The van der Waals surface area contributed by atoms with Crippen molar-refractivity contribution in [1.29, 1.82) is 0 Å². The number of para-hydroxylation sites is 5. The SMILES string of the molecule is c1ccc(Oc2cc(Oc3ccccc3)cc(-n3c4ccccc4c4c3ccc3c5ccccc5n(-c5ccccc5)c34)c2)cc1. The van der Waals surface area contributed by atoms with Gasteiger partial charge in [0.1, 0.15) is 23.0 Å². The Balaban J connectivity index is 1.35. The number of benzene rings is 7. The predicted octanol–water partition coefficient (Wildman–Crippen LogP) is 11.5. The van der Waals surface area contributed by atoms with Crippen molar-refractivity contribution >= 4 is 43.6 Å². The van der Waals surface area contributed by atoms with E-state index in [1.54, 1.807) is 0 Å². The van der Waals surface area contributed by atoms with Crippen molar-refractivity contribution in [2.24, 2.45) is 0 Å². The van der Waals surface area contributed by atoms with Crippen LogP contribution in [0.15, 0.2) is 170 Å². The third kappa shape index (κ3) is 4.31. The molecule has 0 amide bonds. The number of nitrogens with zero attached hydrogens (tertiary/aromatic N) is 2. The number of aromatic nitrogens is 2. The molecule has 2 heterocycles. The fraction of sp³-hybridized carbons (Fsp3) is 0. The molecule has 7 aromatic carbocycles. The van der Waals surface area contributed by atoms with Crippen LogP contribution >= 0.6 is 0 Å². The van der Waals surface area contributed by atoms with Crippen LogP contribution < -0.4 is 9.47 Å². The first-order chi connectivity index (χ1) is 22.8. The van der Waals surface area contributed by atoms with E-state index in [0.29, 0.717) is 11.5 Å². The summed E-state index contributed by atoms with van der Waals surface area (Å²) < 4.78 is 17.6. The van der Waals surface area contributed by atoms with Gasteiger partial charge in [0.05, 0.1) is 27.8 Å². The van der Waals surface area contributed by atoms with Crippen LogP contribution in [-0.2, 0) is 0 Å². The summed E-state index contributed by atoms with van der Waals surface area (Å²) in [6, 6.07) is 58.3. The molecular formula is C42H28N2O2. The van der Waals surface area contributed by atoms with E-state index in [0.717, 1.165) is 33.9 Å². The van der Waals surface area contributed by atoms with Gasteiger partial charge in [-0.25, -0.2) is 0 Å². The highest BCUT2D eigenvalue weighted by molar-refractivity contribution is 6.26. The van der Waals surface area contributed by atoms with Gasteiger partial charge in [-0.15, -0.1) is 0 Å². The average Bonchev–Trinajstić information content (AvgIpc) is 3.62. The highest BCUT2D eigenvalue weighted by Crippen LogP contribution is 2.43. The Kier molecular flexibility index (Phi) is 6.10. The highest BCUT2D eigenvalue weighted by atomic mass is 16.5. The summed E-state index contributed by atoms with van der Waals surface area (Å²) in [4.78, 5) is 0. The van der Waals surface area contributed by atoms with Crippen LogP contribution in [0.2, 0.25) is 0 Å². The van der Waals surface area contributed by atoms with Crippen molar-refractivity contribution in [2.45, 2.75) is 0 Å². The molecule has 0 aliphatic carbocycles. The molecule has 0 aliphatic heterocycles. The van der Waals surface area contributed by atoms with Crippen molar-refractivity contribution in [3.63, 3.8) is 0 Å². The smallest absolute Gasteiger partial charge is 0.133 e. The van der Waals surface area contributed by atoms with Crippen molar-refractivity contribution in [1.82, 2.24) is 9.13 Å². The van der Waals surface area contributed by atoms with Crippen LogP contribution in [0.4, 0.5) is 0 Å². The van der Waals surface area contributed by atoms with E-state index < -0.39 is 0 Å². The molecule has 9 rings (SSSR count). The molecule has 2 aromatic heterocycles.